The lowest BCUT2D eigenvalue weighted by Gasteiger charge is -2.31. The predicted molar refractivity (Wildman–Crippen MR) is 132 cm³/mol. The molecular weight excluding hydrogens is 548 g/mol. The van der Waals surface area contributed by atoms with Crippen molar-refractivity contribution in [2.24, 2.45) is 5.92 Å². The number of aliphatic hydroxyl groups is 1. The molecule has 4 atom stereocenters. The fraction of sp³-hybridized carbons (Fsp3) is 0.435. The van der Waals surface area contributed by atoms with Crippen LogP contribution < -0.4 is 4.90 Å². The SMILES string of the molecule is C[C@H]1[C@H]([Si](C)(C)F)[C@@H](CCO)O[C@]12C(=O)N(Cc1ccc(I)cc1)c1ccc(Cl)cc12. The average Bonchev–Trinajstić information content (AvgIpc) is 3.11. The Morgan fingerprint density at radius 3 is 2.55 bits per heavy atom. The molecule has 0 unspecified atom stereocenters. The molecule has 31 heavy (non-hydrogen) atoms. The van der Waals surface area contributed by atoms with Crippen LogP contribution in [-0.2, 0) is 21.7 Å². The highest BCUT2D eigenvalue weighted by atomic mass is 127. The Balaban J connectivity index is 1.82. The molecule has 0 aliphatic carbocycles. The van der Waals surface area contributed by atoms with Gasteiger partial charge in [0.15, 0.2) is 5.60 Å². The number of hydrogen-bond donors (Lipinski definition) is 1. The number of rotatable bonds is 5. The van der Waals surface area contributed by atoms with E-state index < -0.39 is 25.7 Å². The second-order valence-corrected chi connectivity index (χ2v) is 14.4. The number of carbonyl (C=O) groups excluding carboxylic acids is 1. The third-order valence-corrected chi connectivity index (χ3v) is 10.0. The van der Waals surface area contributed by atoms with Crippen molar-refractivity contribution in [3.05, 3.63) is 62.2 Å². The lowest BCUT2D eigenvalue weighted by Crippen LogP contribution is -2.45. The van der Waals surface area contributed by atoms with Crippen molar-refractivity contribution in [1.29, 1.82) is 0 Å². The van der Waals surface area contributed by atoms with Crippen LogP contribution in [0.2, 0.25) is 23.7 Å². The molecular formula is C23H26ClFINO3Si. The standard InChI is InChI=1S/C23H26ClFINO3Si/c1-14-21(31(2,3)25)20(10-11-28)30-23(14)18-12-16(24)6-9-19(18)27(22(23)29)13-15-4-7-17(26)8-5-15/h4-9,12,14,20-21,28H,10-11,13H2,1-3H3/t14-,20+,21-,23+/m0/s1. The van der Waals surface area contributed by atoms with E-state index in [0.717, 1.165) is 14.8 Å². The Morgan fingerprint density at radius 2 is 1.94 bits per heavy atom. The predicted octanol–water partition coefficient (Wildman–Crippen LogP) is 5.65. The van der Waals surface area contributed by atoms with Gasteiger partial charge in [-0.1, -0.05) is 30.7 Å². The van der Waals surface area contributed by atoms with Gasteiger partial charge < -0.3 is 18.9 Å². The first-order chi connectivity index (χ1) is 14.6. The summed E-state index contributed by atoms with van der Waals surface area (Å²) in [4.78, 5) is 15.7. The summed E-state index contributed by atoms with van der Waals surface area (Å²) < 4.78 is 23.0. The van der Waals surface area contributed by atoms with Crippen molar-refractivity contribution in [2.75, 3.05) is 11.5 Å². The minimum atomic E-state index is -3.19. The van der Waals surface area contributed by atoms with Crippen LogP contribution in [0.25, 0.3) is 0 Å². The summed E-state index contributed by atoms with van der Waals surface area (Å²) in [6.45, 7) is 5.50. The molecule has 4 rings (SSSR count). The third kappa shape index (κ3) is 3.86. The van der Waals surface area contributed by atoms with Crippen molar-refractivity contribution in [1.82, 2.24) is 0 Å². The van der Waals surface area contributed by atoms with Crippen molar-refractivity contribution >= 4 is 54.2 Å². The quantitative estimate of drug-likeness (QED) is 0.286. The van der Waals surface area contributed by atoms with Gasteiger partial charge in [-0.05, 0) is 78.0 Å². The van der Waals surface area contributed by atoms with E-state index in [0.29, 0.717) is 23.6 Å². The third-order valence-electron chi connectivity index (χ3n) is 6.59. The number of ether oxygens (including phenoxy) is 1. The molecule has 2 aromatic rings. The summed E-state index contributed by atoms with van der Waals surface area (Å²) in [5.74, 6) is -0.554. The van der Waals surface area contributed by atoms with E-state index in [2.05, 4.69) is 22.6 Å². The zero-order valence-electron chi connectivity index (χ0n) is 17.7. The maximum absolute atomic E-state index is 15.4. The summed E-state index contributed by atoms with van der Waals surface area (Å²) in [6.07, 6.45) is -0.210. The Labute approximate surface area is 202 Å². The summed E-state index contributed by atoms with van der Waals surface area (Å²) in [5.41, 5.74) is 0.757. The molecule has 2 aromatic carbocycles. The smallest absolute Gasteiger partial charge is 0.264 e. The molecule has 2 aliphatic heterocycles. The van der Waals surface area contributed by atoms with Crippen LogP contribution in [0.3, 0.4) is 0 Å². The van der Waals surface area contributed by atoms with Gasteiger partial charge in [-0.15, -0.1) is 0 Å². The lowest BCUT2D eigenvalue weighted by molar-refractivity contribution is -0.146. The number of hydrogen-bond acceptors (Lipinski definition) is 3. The number of benzene rings is 2. The molecule has 4 nitrogen and oxygen atoms in total. The highest BCUT2D eigenvalue weighted by Crippen LogP contribution is 2.60. The van der Waals surface area contributed by atoms with Crippen LogP contribution in [0.4, 0.5) is 9.80 Å². The van der Waals surface area contributed by atoms with Gasteiger partial charge in [0.2, 0.25) is 8.41 Å². The van der Waals surface area contributed by atoms with E-state index >= 15 is 4.11 Å². The zero-order chi connectivity index (χ0) is 22.6. The molecule has 0 aromatic heterocycles. The largest absolute Gasteiger partial charge is 0.396 e. The molecule has 1 spiro atoms. The first-order valence-corrected chi connectivity index (χ1v) is 14.8. The number of amides is 1. The van der Waals surface area contributed by atoms with E-state index in [-0.39, 0.29) is 18.4 Å². The molecule has 1 amide bonds. The first-order valence-electron chi connectivity index (χ1n) is 10.4. The van der Waals surface area contributed by atoms with Gasteiger partial charge in [-0.25, -0.2) is 0 Å². The van der Waals surface area contributed by atoms with Crippen molar-refractivity contribution in [3.63, 3.8) is 0 Å². The topological polar surface area (TPSA) is 49.8 Å². The Morgan fingerprint density at radius 1 is 1.26 bits per heavy atom. The van der Waals surface area contributed by atoms with Crippen LogP contribution in [0, 0.1) is 9.49 Å². The number of fused-ring (bicyclic) bond motifs is 2. The molecule has 0 saturated carbocycles. The molecule has 1 N–H and O–H groups in total. The van der Waals surface area contributed by atoms with Gasteiger partial charge in [0.1, 0.15) is 0 Å². The Hall–Kier alpha value is -1.00. The van der Waals surface area contributed by atoms with E-state index in [1.165, 1.54) is 0 Å². The van der Waals surface area contributed by atoms with Crippen molar-refractivity contribution in [3.8, 4) is 0 Å². The summed E-state index contributed by atoms with van der Waals surface area (Å²) in [7, 11) is -3.19. The average molecular weight is 574 g/mol. The monoisotopic (exact) mass is 573 g/mol. The highest BCUT2D eigenvalue weighted by Gasteiger charge is 2.66. The molecule has 2 heterocycles. The second-order valence-electron chi connectivity index (χ2n) is 8.96. The van der Waals surface area contributed by atoms with E-state index in [1.807, 2.05) is 37.3 Å². The minimum absolute atomic E-state index is 0.114. The summed E-state index contributed by atoms with van der Waals surface area (Å²) in [6, 6.07) is 13.4. The van der Waals surface area contributed by atoms with Crippen LogP contribution in [0.15, 0.2) is 42.5 Å². The van der Waals surface area contributed by atoms with Gasteiger partial charge in [-0.2, -0.15) is 0 Å². The van der Waals surface area contributed by atoms with Crippen molar-refractivity contribution < 1.29 is 18.7 Å². The van der Waals surface area contributed by atoms with Crippen LogP contribution in [0.5, 0.6) is 0 Å². The summed E-state index contributed by atoms with van der Waals surface area (Å²) >= 11 is 8.59. The van der Waals surface area contributed by atoms with E-state index in [1.54, 1.807) is 30.1 Å². The lowest BCUT2D eigenvalue weighted by atomic mass is 9.82. The second kappa shape index (κ2) is 8.41. The van der Waals surface area contributed by atoms with E-state index in [4.69, 9.17) is 16.3 Å². The molecule has 1 fully saturated rings. The van der Waals surface area contributed by atoms with Crippen LogP contribution in [-0.4, -0.2) is 32.1 Å². The summed E-state index contributed by atoms with van der Waals surface area (Å²) in [5, 5.41) is 10.1. The number of anilines is 1. The number of nitrogens with zero attached hydrogens (tertiary/aromatic N) is 1. The van der Waals surface area contributed by atoms with Crippen LogP contribution in [0.1, 0.15) is 24.5 Å². The number of halogens is 3. The Kier molecular flexibility index (Phi) is 6.28. The van der Waals surface area contributed by atoms with Gasteiger partial charge in [-0.3, -0.25) is 4.79 Å². The number of aliphatic hydroxyl groups excluding tert-OH is 1. The molecule has 0 radical (unpaired) electrons. The maximum Gasteiger partial charge on any atom is 0.264 e. The molecule has 1 saturated heterocycles. The minimum Gasteiger partial charge on any atom is -0.396 e. The number of carbonyl (C=O) groups is 1. The first kappa shape index (κ1) is 23.2. The fourth-order valence-electron chi connectivity index (χ4n) is 5.35. The van der Waals surface area contributed by atoms with Gasteiger partial charge in [0.05, 0.1) is 18.3 Å². The zero-order valence-corrected chi connectivity index (χ0v) is 21.7. The molecule has 2 aliphatic rings. The van der Waals surface area contributed by atoms with Gasteiger partial charge in [0.25, 0.3) is 5.91 Å². The highest BCUT2D eigenvalue weighted by molar-refractivity contribution is 14.1. The maximum atomic E-state index is 15.4. The van der Waals surface area contributed by atoms with Gasteiger partial charge in [0, 0.05) is 32.2 Å². The molecule has 166 valence electrons. The molecule has 0 bridgehead atoms. The van der Waals surface area contributed by atoms with Crippen molar-refractivity contribution in [2.45, 2.75) is 50.2 Å². The van der Waals surface area contributed by atoms with Gasteiger partial charge >= 0.3 is 0 Å². The fourth-order valence-corrected chi connectivity index (χ4v) is 8.42. The normalized spacial score (nSPS) is 27.9. The Bertz CT molecular complexity index is 999. The molecule has 8 heteroatoms. The van der Waals surface area contributed by atoms with Crippen LogP contribution >= 0.6 is 34.2 Å². The van der Waals surface area contributed by atoms with E-state index in [9.17, 15) is 9.90 Å².